The average Bonchev–Trinajstić information content (AvgIpc) is 3.07. The molecule has 0 saturated carbocycles. The molecule has 1 heterocycles. The number of hydrogen-bond acceptors (Lipinski definition) is 3. The number of ether oxygens (including phenoxy) is 1. The maximum atomic E-state index is 11.7. The van der Waals surface area contributed by atoms with Crippen molar-refractivity contribution in [1.82, 2.24) is 5.32 Å². The van der Waals surface area contributed by atoms with E-state index in [4.69, 9.17) is 4.74 Å². The summed E-state index contributed by atoms with van der Waals surface area (Å²) in [5.74, 6) is -0.312. The molecule has 0 aromatic rings. The Hall–Kier alpha value is -1.32. The van der Waals surface area contributed by atoms with Crippen molar-refractivity contribution in [3.05, 3.63) is 12.2 Å². The maximum absolute atomic E-state index is 11.7. The summed E-state index contributed by atoms with van der Waals surface area (Å²) in [7, 11) is 0. The zero-order chi connectivity index (χ0) is 18.9. The van der Waals surface area contributed by atoms with E-state index in [1.807, 2.05) is 0 Å². The van der Waals surface area contributed by atoms with E-state index >= 15 is 0 Å². The van der Waals surface area contributed by atoms with E-state index in [1.165, 1.54) is 64.2 Å². The second-order valence-corrected chi connectivity index (χ2v) is 7.38. The summed E-state index contributed by atoms with van der Waals surface area (Å²) >= 11 is 0. The van der Waals surface area contributed by atoms with Crippen LogP contribution in [0.4, 0.5) is 0 Å². The second-order valence-electron chi connectivity index (χ2n) is 7.38. The van der Waals surface area contributed by atoms with Gasteiger partial charge in [0, 0.05) is 6.42 Å². The molecule has 1 N–H and O–H groups in total. The lowest BCUT2D eigenvalue weighted by Gasteiger charge is -2.09. The molecule has 0 bridgehead atoms. The lowest BCUT2D eigenvalue weighted by Crippen LogP contribution is -2.34. The molecule has 150 valence electrons. The van der Waals surface area contributed by atoms with Crippen LogP contribution in [0.15, 0.2) is 12.2 Å². The van der Waals surface area contributed by atoms with E-state index in [1.54, 1.807) is 0 Å². The van der Waals surface area contributed by atoms with Crippen molar-refractivity contribution >= 4 is 11.9 Å². The predicted octanol–water partition coefficient (Wildman–Crippen LogP) is 5.46. The van der Waals surface area contributed by atoms with E-state index in [9.17, 15) is 9.59 Å². The molecule has 1 atom stereocenters. The standard InChI is InChI=1S/C22H39NO3/c1-2-3-4-5-6-7-8-9-10-11-12-13-14-15-16-19-26-22(25)20-17-18-21(24)23-20/h3-4,20H,2,5-19H2,1H3,(H,23,24)/b4-3+/t20-/m0/s1. The van der Waals surface area contributed by atoms with Crippen LogP contribution >= 0.6 is 0 Å². The van der Waals surface area contributed by atoms with Gasteiger partial charge in [-0.3, -0.25) is 4.79 Å². The minimum absolute atomic E-state index is 0.0453. The fourth-order valence-corrected chi connectivity index (χ4v) is 3.30. The lowest BCUT2D eigenvalue weighted by molar-refractivity contribution is -0.146. The van der Waals surface area contributed by atoms with Crippen LogP contribution < -0.4 is 5.32 Å². The summed E-state index contributed by atoms with van der Waals surface area (Å²) in [5.41, 5.74) is 0. The van der Waals surface area contributed by atoms with Crippen molar-refractivity contribution in [3.8, 4) is 0 Å². The highest BCUT2D eigenvalue weighted by Gasteiger charge is 2.28. The number of nitrogens with one attached hydrogen (secondary N) is 1. The van der Waals surface area contributed by atoms with Gasteiger partial charge < -0.3 is 10.1 Å². The van der Waals surface area contributed by atoms with E-state index < -0.39 is 6.04 Å². The third kappa shape index (κ3) is 12.1. The Balaban J connectivity index is 1.75. The van der Waals surface area contributed by atoms with Crippen molar-refractivity contribution in [1.29, 1.82) is 0 Å². The van der Waals surface area contributed by atoms with Crippen LogP contribution in [-0.2, 0) is 14.3 Å². The van der Waals surface area contributed by atoms with Crippen molar-refractivity contribution < 1.29 is 14.3 Å². The first-order valence-electron chi connectivity index (χ1n) is 10.8. The average molecular weight is 366 g/mol. The molecule has 1 rings (SSSR count). The lowest BCUT2D eigenvalue weighted by atomic mass is 10.1. The predicted molar refractivity (Wildman–Crippen MR) is 107 cm³/mol. The van der Waals surface area contributed by atoms with Gasteiger partial charge in [-0.1, -0.05) is 76.9 Å². The van der Waals surface area contributed by atoms with Crippen LogP contribution in [0.25, 0.3) is 0 Å². The molecule has 0 spiro atoms. The van der Waals surface area contributed by atoms with Crippen molar-refractivity contribution in [2.75, 3.05) is 6.61 Å². The fraction of sp³-hybridized carbons (Fsp3) is 0.818. The van der Waals surface area contributed by atoms with Gasteiger partial charge in [0.15, 0.2) is 0 Å². The monoisotopic (exact) mass is 365 g/mol. The van der Waals surface area contributed by atoms with Gasteiger partial charge in [0.1, 0.15) is 6.04 Å². The summed E-state index contributed by atoms with van der Waals surface area (Å²) in [4.78, 5) is 22.8. The quantitative estimate of drug-likeness (QED) is 0.225. The van der Waals surface area contributed by atoms with Crippen molar-refractivity contribution in [2.24, 2.45) is 0 Å². The summed E-state index contributed by atoms with van der Waals surface area (Å²) < 4.78 is 5.23. The number of hydrogen-bond donors (Lipinski definition) is 1. The SMILES string of the molecule is CC/C=C/CCCCCCCCCCCCCOC(=O)[C@@H]1CCC(=O)N1. The molecular weight excluding hydrogens is 326 g/mol. The van der Waals surface area contributed by atoms with Gasteiger partial charge in [0.2, 0.25) is 5.91 Å². The van der Waals surface area contributed by atoms with E-state index in [0.717, 1.165) is 19.3 Å². The van der Waals surface area contributed by atoms with Gasteiger partial charge in [-0.05, 0) is 32.1 Å². The van der Waals surface area contributed by atoms with Gasteiger partial charge in [-0.15, -0.1) is 0 Å². The third-order valence-corrected chi connectivity index (χ3v) is 4.94. The Labute approximate surface area is 160 Å². The third-order valence-electron chi connectivity index (χ3n) is 4.94. The molecule has 1 saturated heterocycles. The topological polar surface area (TPSA) is 55.4 Å². The largest absolute Gasteiger partial charge is 0.464 e. The minimum atomic E-state index is -0.407. The number of amides is 1. The van der Waals surface area contributed by atoms with Gasteiger partial charge in [0.05, 0.1) is 6.61 Å². The first kappa shape index (κ1) is 22.7. The molecule has 4 heteroatoms. The summed E-state index contributed by atoms with van der Waals surface area (Å²) in [6, 6.07) is -0.407. The number of allylic oxidation sites excluding steroid dienone is 2. The summed E-state index contributed by atoms with van der Waals surface area (Å²) in [6.07, 6.45) is 22.1. The van der Waals surface area contributed by atoms with Gasteiger partial charge in [0.25, 0.3) is 0 Å². The van der Waals surface area contributed by atoms with Crippen molar-refractivity contribution in [3.63, 3.8) is 0 Å². The zero-order valence-electron chi connectivity index (χ0n) is 16.8. The molecule has 1 aliphatic rings. The fourth-order valence-electron chi connectivity index (χ4n) is 3.30. The minimum Gasteiger partial charge on any atom is -0.464 e. The Morgan fingerprint density at radius 2 is 1.54 bits per heavy atom. The molecule has 26 heavy (non-hydrogen) atoms. The molecule has 4 nitrogen and oxygen atoms in total. The molecule has 0 radical (unpaired) electrons. The molecule has 1 fully saturated rings. The highest BCUT2D eigenvalue weighted by atomic mass is 16.5. The number of rotatable bonds is 16. The Kier molecular flexibility index (Phi) is 13.9. The van der Waals surface area contributed by atoms with Gasteiger partial charge in [-0.25, -0.2) is 4.79 Å². The summed E-state index contributed by atoms with van der Waals surface area (Å²) in [6.45, 7) is 2.67. The van der Waals surface area contributed by atoms with Crippen molar-refractivity contribution in [2.45, 2.75) is 109 Å². The second kappa shape index (κ2) is 15.9. The zero-order valence-corrected chi connectivity index (χ0v) is 16.8. The number of esters is 1. The Bertz CT molecular complexity index is 406. The van der Waals surface area contributed by atoms with E-state index in [0.29, 0.717) is 19.4 Å². The first-order valence-corrected chi connectivity index (χ1v) is 10.8. The smallest absolute Gasteiger partial charge is 0.328 e. The van der Waals surface area contributed by atoms with Gasteiger partial charge in [-0.2, -0.15) is 0 Å². The Morgan fingerprint density at radius 3 is 2.08 bits per heavy atom. The van der Waals surface area contributed by atoms with Crippen LogP contribution in [-0.4, -0.2) is 24.5 Å². The maximum Gasteiger partial charge on any atom is 0.328 e. The number of carbonyl (C=O) groups excluding carboxylic acids is 2. The number of carbonyl (C=O) groups is 2. The molecule has 1 amide bonds. The van der Waals surface area contributed by atoms with Crippen LogP contribution in [0.1, 0.15) is 103 Å². The number of unbranched alkanes of at least 4 members (excludes halogenated alkanes) is 11. The van der Waals surface area contributed by atoms with Crippen LogP contribution in [0.5, 0.6) is 0 Å². The van der Waals surface area contributed by atoms with Gasteiger partial charge >= 0.3 is 5.97 Å². The van der Waals surface area contributed by atoms with E-state index in [-0.39, 0.29) is 11.9 Å². The van der Waals surface area contributed by atoms with Crippen LogP contribution in [0.3, 0.4) is 0 Å². The normalized spacial score (nSPS) is 17.0. The molecular formula is C22H39NO3. The van der Waals surface area contributed by atoms with Crippen LogP contribution in [0.2, 0.25) is 0 Å². The highest BCUT2D eigenvalue weighted by Crippen LogP contribution is 2.13. The molecule has 1 aliphatic heterocycles. The first-order chi connectivity index (χ1) is 12.7. The summed E-state index contributed by atoms with van der Waals surface area (Å²) in [5, 5.41) is 2.64. The molecule has 0 aromatic heterocycles. The molecule has 0 aromatic carbocycles. The van der Waals surface area contributed by atoms with Crippen LogP contribution in [0, 0.1) is 0 Å². The molecule has 0 unspecified atom stereocenters. The van der Waals surface area contributed by atoms with E-state index in [2.05, 4.69) is 24.4 Å². The molecule has 0 aliphatic carbocycles. The highest BCUT2D eigenvalue weighted by molar-refractivity contribution is 5.87. The Morgan fingerprint density at radius 1 is 0.962 bits per heavy atom.